The topological polar surface area (TPSA) is 127 Å². The van der Waals surface area contributed by atoms with Gasteiger partial charge in [0, 0.05) is 40.9 Å². The molecule has 0 bridgehead atoms. The number of nitrogens with zero attached hydrogens (tertiary/aromatic N) is 3. The van der Waals surface area contributed by atoms with Crippen LogP contribution in [0.3, 0.4) is 0 Å². The lowest BCUT2D eigenvalue weighted by Crippen LogP contribution is -2.03. The van der Waals surface area contributed by atoms with Crippen LogP contribution in [0.5, 0.6) is 11.5 Å². The molecule has 0 saturated heterocycles. The van der Waals surface area contributed by atoms with Crippen LogP contribution in [0.2, 0.25) is 0 Å². The van der Waals surface area contributed by atoms with Crippen LogP contribution in [0.1, 0.15) is 22.3 Å². The first-order chi connectivity index (χ1) is 15.4. The lowest BCUT2D eigenvalue weighted by atomic mass is 10.1. The van der Waals surface area contributed by atoms with Gasteiger partial charge in [0.15, 0.2) is 17.3 Å². The van der Waals surface area contributed by atoms with Crippen LogP contribution >= 0.6 is 11.3 Å². The second kappa shape index (κ2) is 9.72. The molecule has 0 atom stereocenters. The third-order valence-corrected chi connectivity index (χ3v) is 5.36. The van der Waals surface area contributed by atoms with Gasteiger partial charge in [-0.25, -0.2) is 4.98 Å². The number of carbonyl (C=O) groups excluding carboxylic acids is 1. The highest BCUT2D eigenvalue weighted by molar-refractivity contribution is 7.11. The molecule has 0 aliphatic rings. The summed E-state index contributed by atoms with van der Waals surface area (Å²) in [4.78, 5) is 27.0. The molecule has 0 radical (unpaired) electrons. The van der Waals surface area contributed by atoms with Gasteiger partial charge >= 0.3 is 0 Å². The molecule has 0 saturated carbocycles. The quantitative estimate of drug-likeness (QED) is 0.222. The molecule has 32 heavy (non-hydrogen) atoms. The molecule has 0 fully saturated rings. The van der Waals surface area contributed by atoms with E-state index in [9.17, 15) is 20.2 Å². The van der Waals surface area contributed by atoms with Crippen LogP contribution < -0.4 is 14.8 Å². The summed E-state index contributed by atoms with van der Waals surface area (Å²) in [5, 5.41) is 25.8. The predicted molar refractivity (Wildman–Crippen MR) is 121 cm³/mol. The van der Waals surface area contributed by atoms with E-state index in [1.165, 1.54) is 50.8 Å². The van der Waals surface area contributed by atoms with E-state index < -0.39 is 4.92 Å². The van der Waals surface area contributed by atoms with Crippen molar-refractivity contribution in [2.45, 2.75) is 6.92 Å². The predicted octanol–water partition coefficient (Wildman–Crippen LogP) is 4.91. The lowest BCUT2D eigenvalue weighted by molar-refractivity contribution is -0.384. The van der Waals surface area contributed by atoms with Crippen molar-refractivity contribution in [2.24, 2.45) is 0 Å². The number of benzene rings is 2. The van der Waals surface area contributed by atoms with Gasteiger partial charge in [0.05, 0.1) is 30.5 Å². The molecule has 1 heterocycles. The van der Waals surface area contributed by atoms with Gasteiger partial charge < -0.3 is 14.8 Å². The zero-order chi connectivity index (χ0) is 23.3. The van der Waals surface area contributed by atoms with E-state index in [2.05, 4.69) is 16.4 Å². The van der Waals surface area contributed by atoms with E-state index >= 15 is 0 Å². The highest BCUT2D eigenvalue weighted by Crippen LogP contribution is 2.34. The Morgan fingerprint density at radius 2 is 1.97 bits per heavy atom. The van der Waals surface area contributed by atoms with Crippen LogP contribution in [0.25, 0.3) is 16.8 Å². The van der Waals surface area contributed by atoms with E-state index in [4.69, 9.17) is 9.47 Å². The Bertz CT molecular complexity index is 1260. The summed E-state index contributed by atoms with van der Waals surface area (Å²) in [5.74, 6) is 0.644. The van der Waals surface area contributed by atoms with Crippen molar-refractivity contribution in [1.82, 2.24) is 4.98 Å². The smallest absolute Gasteiger partial charge is 0.270 e. The number of anilines is 1. The van der Waals surface area contributed by atoms with Crippen molar-refractivity contribution in [3.8, 4) is 28.8 Å². The first kappa shape index (κ1) is 22.5. The maximum atomic E-state index is 12.1. The van der Waals surface area contributed by atoms with E-state index in [0.29, 0.717) is 39.0 Å². The number of ketones is 1. The molecular weight excluding hydrogens is 432 g/mol. The number of allylic oxidation sites excluding steroid dienone is 1. The molecule has 0 aliphatic carbocycles. The summed E-state index contributed by atoms with van der Waals surface area (Å²) in [6.07, 6.45) is 1.45. The minimum atomic E-state index is -0.475. The number of non-ortho nitro benzene ring substituents is 1. The number of rotatable bonds is 8. The highest BCUT2D eigenvalue weighted by Gasteiger charge is 2.15. The average Bonchev–Trinajstić information content (AvgIpc) is 3.29. The first-order valence-corrected chi connectivity index (χ1v) is 10.1. The van der Waals surface area contributed by atoms with Crippen molar-refractivity contribution in [1.29, 1.82) is 5.26 Å². The number of ether oxygens (including phenoxy) is 2. The molecular formula is C22H18N4O5S. The molecule has 0 amide bonds. The van der Waals surface area contributed by atoms with Gasteiger partial charge in [-0.1, -0.05) is 12.1 Å². The Labute approximate surface area is 187 Å². The van der Waals surface area contributed by atoms with E-state index in [0.717, 1.165) is 0 Å². The van der Waals surface area contributed by atoms with Gasteiger partial charge in [0.1, 0.15) is 16.6 Å². The number of nitro groups is 1. The molecule has 2 aromatic carbocycles. The number of nitro benzene ring substituents is 1. The van der Waals surface area contributed by atoms with Gasteiger partial charge in [0.25, 0.3) is 5.69 Å². The van der Waals surface area contributed by atoms with E-state index in [-0.39, 0.29) is 17.0 Å². The van der Waals surface area contributed by atoms with Crippen LogP contribution in [-0.2, 0) is 0 Å². The average molecular weight is 450 g/mol. The Hall–Kier alpha value is -4.23. The fourth-order valence-corrected chi connectivity index (χ4v) is 3.68. The molecule has 9 nitrogen and oxygen atoms in total. The number of nitriles is 1. The molecule has 0 aliphatic heterocycles. The van der Waals surface area contributed by atoms with E-state index in [1.807, 2.05) is 0 Å². The van der Waals surface area contributed by atoms with Crippen molar-refractivity contribution < 1.29 is 19.2 Å². The minimum absolute atomic E-state index is 0.0417. The fraction of sp³-hybridized carbons (Fsp3) is 0.136. The van der Waals surface area contributed by atoms with E-state index in [1.54, 1.807) is 29.6 Å². The van der Waals surface area contributed by atoms with Gasteiger partial charge in [-0.05, 0) is 13.0 Å². The minimum Gasteiger partial charge on any atom is -0.493 e. The summed E-state index contributed by atoms with van der Waals surface area (Å²) in [6.45, 7) is 1.42. The molecule has 0 spiro atoms. The standard InChI is InChI=1S/C22H18N4O5S/c1-13(27)17-8-20(30-2)21(31-3)9-18(17)24-11-15(10-23)22-25-19(12-32-22)14-5-4-6-16(7-14)26(28)29/h4-9,11-12,24H,1-3H3/b15-11+. The maximum absolute atomic E-state index is 12.1. The van der Waals surface area contributed by atoms with Crippen molar-refractivity contribution in [2.75, 3.05) is 19.5 Å². The van der Waals surface area contributed by atoms with Crippen molar-refractivity contribution in [3.05, 3.63) is 68.7 Å². The Kier molecular flexibility index (Phi) is 6.82. The Morgan fingerprint density at radius 3 is 2.59 bits per heavy atom. The number of thiazole rings is 1. The van der Waals surface area contributed by atoms with Crippen LogP contribution in [0, 0.1) is 21.4 Å². The largest absolute Gasteiger partial charge is 0.493 e. The third kappa shape index (κ3) is 4.74. The zero-order valence-electron chi connectivity index (χ0n) is 17.4. The molecule has 1 N–H and O–H groups in total. The maximum Gasteiger partial charge on any atom is 0.270 e. The SMILES string of the molecule is COc1cc(N/C=C(\C#N)c2nc(-c3cccc([N+](=O)[O-])c3)cs2)c(C(C)=O)cc1OC. The summed E-state index contributed by atoms with van der Waals surface area (Å²) >= 11 is 1.23. The number of carbonyl (C=O) groups is 1. The van der Waals surface area contributed by atoms with Crippen LogP contribution in [0.4, 0.5) is 11.4 Å². The monoisotopic (exact) mass is 450 g/mol. The number of aromatic nitrogens is 1. The molecule has 3 rings (SSSR count). The van der Waals surface area contributed by atoms with Gasteiger partial charge in [-0.3, -0.25) is 14.9 Å². The van der Waals surface area contributed by atoms with Crippen LogP contribution in [0.15, 0.2) is 48.0 Å². The normalized spacial score (nSPS) is 10.9. The second-order valence-electron chi connectivity index (χ2n) is 6.47. The van der Waals surface area contributed by atoms with Gasteiger partial charge in [-0.2, -0.15) is 5.26 Å². The van der Waals surface area contributed by atoms with Crippen LogP contribution in [-0.4, -0.2) is 29.9 Å². The van der Waals surface area contributed by atoms with Gasteiger partial charge in [0.2, 0.25) is 0 Å². The summed E-state index contributed by atoms with van der Waals surface area (Å²) < 4.78 is 10.5. The highest BCUT2D eigenvalue weighted by atomic mass is 32.1. The second-order valence-corrected chi connectivity index (χ2v) is 7.33. The van der Waals surface area contributed by atoms with Gasteiger partial charge in [-0.15, -0.1) is 11.3 Å². The fourth-order valence-electron chi connectivity index (χ4n) is 2.89. The molecule has 3 aromatic rings. The molecule has 0 unspecified atom stereocenters. The number of methoxy groups -OCH3 is 2. The third-order valence-electron chi connectivity index (χ3n) is 4.48. The number of hydrogen-bond donors (Lipinski definition) is 1. The lowest BCUT2D eigenvalue weighted by Gasteiger charge is -2.13. The number of Topliss-reactive ketones (excluding diaryl/α,β-unsaturated/α-hetero) is 1. The number of hydrogen-bond acceptors (Lipinski definition) is 9. The molecule has 162 valence electrons. The first-order valence-electron chi connectivity index (χ1n) is 9.22. The Morgan fingerprint density at radius 1 is 1.25 bits per heavy atom. The van der Waals surface area contributed by atoms with Crippen molar-refractivity contribution >= 4 is 34.1 Å². The summed E-state index contributed by atoms with van der Waals surface area (Å²) in [5.41, 5.74) is 2.10. The van der Waals surface area contributed by atoms with Crippen molar-refractivity contribution in [3.63, 3.8) is 0 Å². The Balaban J connectivity index is 1.93. The molecule has 1 aromatic heterocycles. The zero-order valence-corrected chi connectivity index (χ0v) is 18.2. The number of nitrogens with one attached hydrogen (secondary N) is 1. The summed E-state index contributed by atoms with van der Waals surface area (Å²) in [6, 6.07) is 11.4. The molecule has 10 heteroatoms. The summed E-state index contributed by atoms with van der Waals surface area (Å²) in [7, 11) is 2.96.